The highest BCUT2D eigenvalue weighted by molar-refractivity contribution is 6.02. The molecule has 3 saturated heterocycles. The minimum atomic E-state index is -1.14. The summed E-state index contributed by atoms with van der Waals surface area (Å²) in [5.74, 6) is -1.86. The van der Waals surface area contributed by atoms with Crippen molar-refractivity contribution >= 4 is 23.4 Å². The second kappa shape index (κ2) is 10.2. The third-order valence-electron chi connectivity index (χ3n) is 8.52. The van der Waals surface area contributed by atoms with Gasteiger partial charge in [0.05, 0.1) is 36.7 Å². The Bertz CT molecular complexity index is 1070. The average Bonchev–Trinajstić information content (AvgIpc) is 3.41. The van der Waals surface area contributed by atoms with Crippen LogP contribution in [0.15, 0.2) is 24.3 Å². The molecule has 3 amide bonds. The fourth-order valence-electron chi connectivity index (χ4n) is 6.69. The molecule has 7 atom stereocenters. The van der Waals surface area contributed by atoms with E-state index < -0.39 is 40.7 Å². The Labute approximate surface area is 225 Å². The first-order valence-corrected chi connectivity index (χ1v) is 13.8. The predicted molar refractivity (Wildman–Crippen MR) is 144 cm³/mol. The Balaban J connectivity index is 1.72. The molecule has 9 nitrogen and oxygen atoms in total. The van der Waals surface area contributed by atoms with Crippen LogP contribution in [0, 0.1) is 17.8 Å². The first-order valence-electron chi connectivity index (χ1n) is 13.8. The number of aliphatic hydroxyl groups is 1. The summed E-state index contributed by atoms with van der Waals surface area (Å²) in [5.41, 5.74) is -1.96. The minimum Gasteiger partial charge on any atom is -0.494 e. The van der Waals surface area contributed by atoms with Gasteiger partial charge in [0.2, 0.25) is 17.7 Å². The van der Waals surface area contributed by atoms with Gasteiger partial charge in [0.25, 0.3) is 0 Å². The van der Waals surface area contributed by atoms with Crippen LogP contribution in [0.4, 0.5) is 5.69 Å². The molecule has 3 fully saturated rings. The van der Waals surface area contributed by atoms with Crippen LogP contribution in [0.2, 0.25) is 0 Å². The van der Waals surface area contributed by atoms with Gasteiger partial charge in [-0.2, -0.15) is 0 Å². The predicted octanol–water partition coefficient (Wildman–Crippen LogP) is 3.11. The van der Waals surface area contributed by atoms with Gasteiger partial charge in [-0.25, -0.2) is 0 Å². The van der Waals surface area contributed by atoms with Gasteiger partial charge in [0, 0.05) is 11.2 Å². The number of rotatable bonds is 9. The van der Waals surface area contributed by atoms with E-state index in [2.05, 4.69) is 10.6 Å². The Hall–Kier alpha value is -2.65. The molecule has 3 heterocycles. The van der Waals surface area contributed by atoms with Crippen molar-refractivity contribution in [1.29, 1.82) is 0 Å². The number of aliphatic hydroxyl groups excluding tert-OH is 1. The van der Waals surface area contributed by atoms with Crippen LogP contribution in [0.25, 0.3) is 0 Å². The van der Waals surface area contributed by atoms with Crippen molar-refractivity contribution in [2.45, 2.75) is 96.6 Å². The van der Waals surface area contributed by atoms with Crippen molar-refractivity contribution in [2.24, 2.45) is 17.8 Å². The summed E-state index contributed by atoms with van der Waals surface area (Å²) in [4.78, 5) is 43.5. The lowest BCUT2D eigenvalue weighted by Crippen LogP contribution is -2.61. The number of carbonyl (C=O) groups is 3. The van der Waals surface area contributed by atoms with Gasteiger partial charge in [-0.3, -0.25) is 14.4 Å². The fourth-order valence-corrected chi connectivity index (χ4v) is 6.69. The number of amides is 3. The molecule has 210 valence electrons. The summed E-state index contributed by atoms with van der Waals surface area (Å²) >= 11 is 0. The Morgan fingerprint density at radius 3 is 2.39 bits per heavy atom. The van der Waals surface area contributed by atoms with Crippen molar-refractivity contribution in [3.8, 4) is 5.75 Å². The second-order valence-corrected chi connectivity index (χ2v) is 12.3. The van der Waals surface area contributed by atoms with Crippen LogP contribution in [0.1, 0.15) is 67.7 Å². The van der Waals surface area contributed by atoms with Crippen LogP contribution in [-0.2, 0) is 19.1 Å². The van der Waals surface area contributed by atoms with Gasteiger partial charge in [0.15, 0.2) is 0 Å². The summed E-state index contributed by atoms with van der Waals surface area (Å²) in [6, 6.07) is 5.60. The Kier molecular flexibility index (Phi) is 7.58. The lowest BCUT2D eigenvalue weighted by molar-refractivity contribution is -0.150. The maximum atomic E-state index is 14.3. The first kappa shape index (κ1) is 28.4. The molecule has 2 unspecified atom stereocenters. The Morgan fingerprint density at radius 2 is 1.84 bits per heavy atom. The van der Waals surface area contributed by atoms with Gasteiger partial charge >= 0.3 is 0 Å². The summed E-state index contributed by atoms with van der Waals surface area (Å²) in [5, 5.41) is 16.4. The third kappa shape index (κ3) is 4.68. The molecule has 1 aromatic rings. The highest BCUT2D eigenvalue weighted by Gasteiger charge is 2.78. The number of nitrogens with one attached hydrogen (secondary N) is 2. The number of hydrogen-bond donors (Lipinski definition) is 3. The van der Waals surface area contributed by atoms with E-state index in [-0.39, 0.29) is 30.2 Å². The number of anilines is 1. The van der Waals surface area contributed by atoms with Crippen molar-refractivity contribution in [1.82, 2.24) is 10.2 Å². The van der Waals surface area contributed by atoms with Gasteiger partial charge in [-0.05, 0) is 77.6 Å². The maximum Gasteiger partial charge on any atom is 0.246 e. The third-order valence-corrected chi connectivity index (χ3v) is 8.52. The quantitative estimate of drug-likeness (QED) is 0.453. The average molecular weight is 530 g/mol. The molecule has 9 heteroatoms. The number of benzene rings is 1. The van der Waals surface area contributed by atoms with Crippen molar-refractivity contribution < 1.29 is 29.0 Å². The maximum absolute atomic E-state index is 14.3. The van der Waals surface area contributed by atoms with Crippen molar-refractivity contribution in [2.75, 3.05) is 18.5 Å². The molecule has 4 rings (SSSR count). The molecule has 3 aliphatic rings. The van der Waals surface area contributed by atoms with E-state index in [0.29, 0.717) is 30.9 Å². The highest BCUT2D eigenvalue weighted by Crippen LogP contribution is 2.63. The number of hydrogen-bond acceptors (Lipinski definition) is 6. The van der Waals surface area contributed by atoms with E-state index in [0.717, 1.165) is 6.42 Å². The molecule has 1 spiro atoms. The largest absolute Gasteiger partial charge is 0.494 e. The molecule has 1 aromatic carbocycles. The smallest absolute Gasteiger partial charge is 0.246 e. The summed E-state index contributed by atoms with van der Waals surface area (Å²) in [6.07, 6.45) is 1.77. The van der Waals surface area contributed by atoms with Gasteiger partial charge in [0.1, 0.15) is 17.4 Å². The molecule has 0 aromatic heterocycles. The SMILES string of the molecule is CCOc1ccc(NC(=O)[C@@H]2[C@H]3C(=O)N([C@@H](CO)[C@@H](C)CC)C(C(=O)NC(C)(C)C)C34CC[C@@]2(C)O4)cc1. The number of ether oxygens (including phenoxy) is 2. The van der Waals surface area contributed by atoms with Gasteiger partial charge in [-0.15, -0.1) is 0 Å². The number of fused-ring (bicyclic) bond motifs is 1. The van der Waals surface area contributed by atoms with Crippen molar-refractivity contribution in [3.63, 3.8) is 0 Å². The van der Waals surface area contributed by atoms with Crippen LogP contribution in [-0.4, -0.2) is 69.8 Å². The van der Waals surface area contributed by atoms with Crippen LogP contribution >= 0.6 is 0 Å². The van der Waals surface area contributed by atoms with Gasteiger partial charge < -0.3 is 30.1 Å². The first-order chi connectivity index (χ1) is 17.8. The molecular formula is C29H43N3O6. The van der Waals surface area contributed by atoms with Crippen molar-refractivity contribution in [3.05, 3.63) is 24.3 Å². The second-order valence-electron chi connectivity index (χ2n) is 12.3. The van der Waals surface area contributed by atoms with E-state index >= 15 is 0 Å². The summed E-state index contributed by atoms with van der Waals surface area (Å²) < 4.78 is 12.2. The number of likely N-dealkylation sites (tertiary alicyclic amines) is 1. The zero-order valence-corrected chi connectivity index (χ0v) is 23.7. The number of nitrogens with zero attached hydrogens (tertiary/aromatic N) is 1. The molecule has 38 heavy (non-hydrogen) atoms. The standard InChI is InChI=1S/C29H43N3O6/c1-8-17(3)20(16-33)32-23(25(35)31-27(4,5)6)29-15-14-28(7,38-29)21(22(29)26(32)36)24(34)30-18-10-12-19(13-11-18)37-9-2/h10-13,17,20-23,33H,8-9,14-16H2,1-7H3,(H,30,34)(H,31,35)/t17-,20-,21-,22-,23?,28+,29?/m0/s1. The Morgan fingerprint density at radius 1 is 1.18 bits per heavy atom. The van der Waals surface area contributed by atoms with Crippen LogP contribution < -0.4 is 15.4 Å². The lowest BCUT2D eigenvalue weighted by Gasteiger charge is -2.40. The molecule has 0 aliphatic carbocycles. The van der Waals surface area contributed by atoms with Crippen LogP contribution in [0.3, 0.4) is 0 Å². The van der Waals surface area contributed by atoms with E-state index in [1.54, 1.807) is 29.2 Å². The van der Waals surface area contributed by atoms with E-state index in [1.807, 2.05) is 48.5 Å². The molecular weight excluding hydrogens is 486 g/mol. The molecule has 3 aliphatic heterocycles. The zero-order valence-electron chi connectivity index (χ0n) is 23.7. The minimum absolute atomic E-state index is 0.0481. The summed E-state index contributed by atoms with van der Waals surface area (Å²) in [7, 11) is 0. The normalized spacial score (nSPS) is 31.6. The molecule has 0 radical (unpaired) electrons. The molecule has 0 saturated carbocycles. The monoisotopic (exact) mass is 529 g/mol. The van der Waals surface area contributed by atoms with E-state index in [9.17, 15) is 19.5 Å². The lowest BCUT2D eigenvalue weighted by atomic mass is 9.66. The fraction of sp³-hybridized carbons (Fsp3) is 0.690. The topological polar surface area (TPSA) is 117 Å². The molecule has 2 bridgehead atoms. The van der Waals surface area contributed by atoms with E-state index in [1.165, 1.54) is 0 Å². The highest BCUT2D eigenvalue weighted by atomic mass is 16.5. The van der Waals surface area contributed by atoms with Gasteiger partial charge in [-0.1, -0.05) is 20.3 Å². The van der Waals surface area contributed by atoms with E-state index in [4.69, 9.17) is 9.47 Å². The number of carbonyl (C=O) groups excluding carboxylic acids is 3. The zero-order chi connectivity index (χ0) is 28.0. The molecule has 3 N–H and O–H groups in total. The summed E-state index contributed by atoms with van der Waals surface area (Å²) in [6.45, 7) is 13.7. The van der Waals surface area contributed by atoms with Crippen LogP contribution in [0.5, 0.6) is 5.75 Å².